The van der Waals surface area contributed by atoms with E-state index in [0.29, 0.717) is 32.2 Å². The van der Waals surface area contributed by atoms with Crippen LogP contribution in [0.1, 0.15) is 43.2 Å². The second-order valence-electron chi connectivity index (χ2n) is 7.80. The number of methoxy groups -OCH3 is 1. The molecule has 2 aromatic carbocycles. The average Bonchev–Trinajstić information content (AvgIpc) is 3.11. The Hall–Kier alpha value is -2.82. The van der Waals surface area contributed by atoms with Crippen molar-refractivity contribution in [3.8, 4) is 5.75 Å². The van der Waals surface area contributed by atoms with E-state index in [9.17, 15) is 9.59 Å². The topological polar surface area (TPSA) is 67.4 Å². The van der Waals surface area contributed by atoms with Crippen molar-refractivity contribution in [2.24, 2.45) is 0 Å². The number of aryl methyl sites for hydroxylation is 1. The summed E-state index contributed by atoms with van der Waals surface area (Å²) >= 11 is 0. The summed E-state index contributed by atoms with van der Waals surface area (Å²) in [6.45, 7) is 0.670. The minimum absolute atomic E-state index is 0.0456. The van der Waals surface area contributed by atoms with Gasteiger partial charge < -0.3 is 15.4 Å². The van der Waals surface area contributed by atoms with E-state index in [0.717, 1.165) is 30.6 Å². The van der Waals surface area contributed by atoms with Gasteiger partial charge in [-0.1, -0.05) is 42.5 Å². The number of amides is 2. The molecule has 5 heteroatoms. The molecule has 0 bridgehead atoms. The minimum Gasteiger partial charge on any atom is -0.497 e. The molecule has 3 rings (SSSR count). The maximum atomic E-state index is 12.3. The van der Waals surface area contributed by atoms with Gasteiger partial charge in [-0.25, -0.2) is 0 Å². The summed E-state index contributed by atoms with van der Waals surface area (Å²) in [5.41, 5.74) is 2.03. The predicted octanol–water partition coefficient (Wildman–Crippen LogP) is 3.42. The maximum absolute atomic E-state index is 12.3. The second-order valence-corrected chi connectivity index (χ2v) is 7.80. The summed E-state index contributed by atoms with van der Waals surface area (Å²) in [5.74, 6) is 0.915. The number of hydrogen-bond donors (Lipinski definition) is 2. The van der Waals surface area contributed by atoms with Gasteiger partial charge in [-0.05, 0) is 55.4 Å². The Labute approximate surface area is 172 Å². The van der Waals surface area contributed by atoms with Crippen LogP contribution in [0.3, 0.4) is 0 Å². The first-order valence-corrected chi connectivity index (χ1v) is 10.3. The zero-order valence-electron chi connectivity index (χ0n) is 17.1. The fourth-order valence-electron chi connectivity index (χ4n) is 3.96. The van der Waals surface area contributed by atoms with E-state index < -0.39 is 0 Å². The van der Waals surface area contributed by atoms with Crippen molar-refractivity contribution in [2.45, 2.75) is 50.5 Å². The van der Waals surface area contributed by atoms with Crippen LogP contribution in [-0.4, -0.2) is 31.0 Å². The molecule has 2 N–H and O–H groups in total. The van der Waals surface area contributed by atoms with Gasteiger partial charge in [-0.15, -0.1) is 0 Å². The quantitative estimate of drug-likeness (QED) is 0.607. The van der Waals surface area contributed by atoms with Crippen molar-refractivity contribution in [3.63, 3.8) is 0 Å². The molecular formula is C24H30N2O3. The van der Waals surface area contributed by atoms with Gasteiger partial charge in [-0.3, -0.25) is 9.59 Å². The number of ether oxygens (including phenoxy) is 1. The number of hydrogen-bond acceptors (Lipinski definition) is 3. The largest absolute Gasteiger partial charge is 0.497 e. The van der Waals surface area contributed by atoms with Gasteiger partial charge >= 0.3 is 0 Å². The smallest absolute Gasteiger partial charge is 0.220 e. The second kappa shape index (κ2) is 10.1. The van der Waals surface area contributed by atoms with Crippen LogP contribution < -0.4 is 15.4 Å². The number of rotatable bonds is 10. The Kier molecular flexibility index (Phi) is 7.28. The van der Waals surface area contributed by atoms with Crippen LogP contribution in [-0.2, 0) is 22.4 Å². The predicted molar refractivity (Wildman–Crippen MR) is 114 cm³/mol. The highest BCUT2D eigenvalue weighted by molar-refractivity contribution is 5.80. The van der Waals surface area contributed by atoms with E-state index in [4.69, 9.17) is 4.74 Å². The van der Waals surface area contributed by atoms with Crippen molar-refractivity contribution in [1.29, 1.82) is 0 Å². The Balaban J connectivity index is 1.48. The van der Waals surface area contributed by atoms with Crippen molar-refractivity contribution >= 4 is 11.8 Å². The molecule has 0 saturated carbocycles. The third kappa shape index (κ3) is 6.34. The Morgan fingerprint density at radius 3 is 2.66 bits per heavy atom. The first-order valence-electron chi connectivity index (χ1n) is 10.3. The van der Waals surface area contributed by atoms with Crippen LogP contribution in [0.4, 0.5) is 0 Å². The normalized spacial score (nSPS) is 18.3. The summed E-state index contributed by atoms with van der Waals surface area (Å²) in [6.07, 6.45) is 4.90. The zero-order chi connectivity index (χ0) is 20.5. The van der Waals surface area contributed by atoms with Gasteiger partial charge in [0.15, 0.2) is 0 Å². The van der Waals surface area contributed by atoms with Crippen molar-refractivity contribution in [3.05, 3.63) is 65.7 Å². The van der Waals surface area contributed by atoms with Gasteiger partial charge in [0, 0.05) is 24.9 Å². The Bertz CT molecular complexity index is 822. The van der Waals surface area contributed by atoms with Crippen LogP contribution in [0, 0.1) is 0 Å². The Morgan fingerprint density at radius 2 is 1.93 bits per heavy atom. The van der Waals surface area contributed by atoms with E-state index in [1.165, 1.54) is 5.56 Å². The van der Waals surface area contributed by atoms with Crippen LogP contribution >= 0.6 is 0 Å². The molecule has 0 aromatic heterocycles. The zero-order valence-corrected chi connectivity index (χ0v) is 17.1. The summed E-state index contributed by atoms with van der Waals surface area (Å²) in [5, 5.41) is 6.15. The van der Waals surface area contributed by atoms with Gasteiger partial charge in [0.2, 0.25) is 11.8 Å². The highest BCUT2D eigenvalue weighted by atomic mass is 16.5. The summed E-state index contributed by atoms with van der Waals surface area (Å²) in [6, 6.07) is 18.2. The molecule has 29 heavy (non-hydrogen) atoms. The van der Waals surface area contributed by atoms with Crippen molar-refractivity contribution in [1.82, 2.24) is 10.6 Å². The lowest BCUT2D eigenvalue weighted by Crippen LogP contribution is -2.44. The third-order valence-electron chi connectivity index (χ3n) is 5.55. The minimum atomic E-state index is -0.356. The fraction of sp³-hybridized carbons (Fsp3) is 0.417. The number of benzene rings is 2. The molecule has 0 unspecified atom stereocenters. The average molecular weight is 395 g/mol. The lowest BCUT2D eigenvalue weighted by atomic mass is 9.85. The molecule has 5 nitrogen and oxygen atoms in total. The maximum Gasteiger partial charge on any atom is 0.220 e. The SMILES string of the molecule is COc1cccc(C[C@]2(CCC(=O)NCCCc3ccccc3)CCC(=O)N2)c1. The van der Waals surface area contributed by atoms with E-state index in [1.807, 2.05) is 42.5 Å². The van der Waals surface area contributed by atoms with Gasteiger partial charge in [0.25, 0.3) is 0 Å². The highest BCUT2D eigenvalue weighted by Crippen LogP contribution is 2.30. The van der Waals surface area contributed by atoms with Gasteiger partial charge in [0.05, 0.1) is 7.11 Å². The lowest BCUT2D eigenvalue weighted by Gasteiger charge is -2.29. The molecule has 0 aliphatic carbocycles. The first kappa shape index (κ1) is 20.9. The molecule has 1 saturated heterocycles. The molecule has 1 atom stereocenters. The molecule has 1 fully saturated rings. The molecule has 2 amide bonds. The number of carbonyl (C=O) groups is 2. The van der Waals surface area contributed by atoms with E-state index in [1.54, 1.807) is 7.11 Å². The molecular weight excluding hydrogens is 364 g/mol. The molecule has 0 radical (unpaired) electrons. The van der Waals surface area contributed by atoms with E-state index >= 15 is 0 Å². The molecule has 1 heterocycles. The standard InChI is InChI=1S/C24H30N2O3/c1-29-21-11-5-9-20(17-21)18-24(15-13-23(28)26-24)14-12-22(27)25-16-6-10-19-7-3-2-4-8-19/h2-5,7-9,11,17H,6,10,12-16,18H2,1H3,(H,25,27)(H,26,28)/t24-/m0/s1. The van der Waals surface area contributed by atoms with E-state index in [2.05, 4.69) is 22.8 Å². The molecule has 0 spiro atoms. The Morgan fingerprint density at radius 1 is 1.14 bits per heavy atom. The molecule has 2 aromatic rings. The molecule has 1 aliphatic rings. The number of carbonyl (C=O) groups excluding carboxylic acids is 2. The van der Waals surface area contributed by atoms with Crippen LogP contribution in [0.2, 0.25) is 0 Å². The van der Waals surface area contributed by atoms with Crippen LogP contribution in [0.25, 0.3) is 0 Å². The van der Waals surface area contributed by atoms with Gasteiger partial charge in [-0.2, -0.15) is 0 Å². The fourth-order valence-corrected chi connectivity index (χ4v) is 3.96. The first-order chi connectivity index (χ1) is 14.1. The summed E-state index contributed by atoms with van der Waals surface area (Å²) in [7, 11) is 1.65. The van der Waals surface area contributed by atoms with Crippen LogP contribution in [0.15, 0.2) is 54.6 Å². The molecule has 1 aliphatic heterocycles. The van der Waals surface area contributed by atoms with E-state index in [-0.39, 0.29) is 17.4 Å². The summed E-state index contributed by atoms with van der Waals surface area (Å²) in [4.78, 5) is 24.3. The monoisotopic (exact) mass is 394 g/mol. The number of nitrogens with one attached hydrogen (secondary N) is 2. The summed E-state index contributed by atoms with van der Waals surface area (Å²) < 4.78 is 5.31. The van der Waals surface area contributed by atoms with Gasteiger partial charge in [0.1, 0.15) is 5.75 Å². The van der Waals surface area contributed by atoms with Crippen LogP contribution in [0.5, 0.6) is 5.75 Å². The lowest BCUT2D eigenvalue weighted by molar-refractivity contribution is -0.122. The highest BCUT2D eigenvalue weighted by Gasteiger charge is 2.37. The third-order valence-corrected chi connectivity index (χ3v) is 5.55. The van der Waals surface area contributed by atoms with Crippen molar-refractivity contribution in [2.75, 3.05) is 13.7 Å². The molecule has 154 valence electrons. The van der Waals surface area contributed by atoms with Crippen molar-refractivity contribution < 1.29 is 14.3 Å².